The highest BCUT2D eigenvalue weighted by atomic mass is 19.1. The summed E-state index contributed by atoms with van der Waals surface area (Å²) in [7, 11) is 1.90. The molecular weight excluding hydrogens is 562 g/mol. The highest BCUT2D eigenvalue weighted by molar-refractivity contribution is 6.00. The lowest BCUT2D eigenvalue weighted by Gasteiger charge is -2.37. The molecule has 0 fully saturated rings. The van der Waals surface area contributed by atoms with Gasteiger partial charge in [-0.15, -0.1) is 0 Å². The van der Waals surface area contributed by atoms with E-state index in [9.17, 15) is 9.90 Å². The second-order valence-electron chi connectivity index (χ2n) is 10.2. The Morgan fingerprint density at radius 2 is 1.84 bits per heavy atom. The third-order valence-electron chi connectivity index (χ3n) is 6.87. The average Bonchev–Trinajstić information content (AvgIpc) is 3.40. The molecular formula is C30H34F2N6O5. The maximum absolute atomic E-state index is 16.3. The molecule has 0 radical (unpaired) electrons. The zero-order chi connectivity index (χ0) is 31.5. The number of benzene rings is 2. The van der Waals surface area contributed by atoms with E-state index in [-0.39, 0.29) is 36.0 Å². The van der Waals surface area contributed by atoms with Crippen LogP contribution in [0, 0.1) is 17.0 Å². The SMILES string of the molecule is CCOC(=O)C(C)(C)N(CC)c1c(F)c(Oc2cccc(C3=NCCN3C)c2)nc(Oc2cc(C(=N)N)ccc2O)c1F. The van der Waals surface area contributed by atoms with E-state index in [1.54, 1.807) is 32.0 Å². The molecule has 0 saturated carbocycles. The number of nitrogens with two attached hydrogens (primary N) is 1. The molecule has 0 unspecified atom stereocenters. The molecule has 0 atom stereocenters. The first-order valence-corrected chi connectivity index (χ1v) is 13.6. The van der Waals surface area contributed by atoms with Crippen molar-refractivity contribution in [3.05, 3.63) is 65.2 Å². The molecule has 228 valence electrons. The Kier molecular flexibility index (Phi) is 9.02. The van der Waals surface area contributed by atoms with E-state index in [2.05, 4.69) is 9.98 Å². The minimum atomic E-state index is -1.52. The van der Waals surface area contributed by atoms with Crippen LogP contribution in [-0.4, -0.2) is 71.5 Å². The summed E-state index contributed by atoms with van der Waals surface area (Å²) in [5, 5.41) is 18.1. The van der Waals surface area contributed by atoms with Gasteiger partial charge in [-0.25, -0.2) is 4.79 Å². The molecule has 1 aromatic heterocycles. The van der Waals surface area contributed by atoms with Gasteiger partial charge < -0.3 is 34.9 Å². The number of carbonyl (C=O) groups is 1. The number of nitrogens with zero attached hydrogens (tertiary/aromatic N) is 4. The third kappa shape index (κ3) is 6.30. The van der Waals surface area contributed by atoms with Crippen LogP contribution in [0.1, 0.15) is 38.8 Å². The molecule has 0 spiro atoms. The minimum absolute atomic E-state index is 0.0186. The first kappa shape index (κ1) is 31.0. The topological polar surface area (TPSA) is 147 Å². The molecule has 11 nitrogen and oxygen atoms in total. The van der Waals surface area contributed by atoms with Crippen LogP contribution in [0.15, 0.2) is 47.5 Å². The highest BCUT2D eigenvalue weighted by Gasteiger charge is 2.40. The lowest BCUT2D eigenvalue weighted by atomic mass is 10.0. The molecule has 2 aromatic carbocycles. The van der Waals surface area contributed by atoms with Gasteiger partial charge in [0, 0.05) is 31.3 Å². The van der Waals surface area contributed by atoms with Gasteiger partial charge in [-0.05, 0) is 58.0 Å². The number of carbonyl (C=O) groups excluding carboxylic acids is 1. The Labute approximate surface area is 248 Å². The van der Waals surface area contributed by atoms with Crippen molar-refractivity contribution in [2.24, 2.45) is 10.7 Å². The molecule has 13 heteroatoms. The summed E-state index contributed by atoms with van der Waals surface area (Å²) < 4.78 is 49.2. The van der Waals surface area contributed by atoms with Crippen LogP contribution in [-0.2, 0) is 9.53 Å². The lowest BCUT2D eigenvalue weighted by molar-refractivity contribution is -0.148. The van der Waals surface area contributed by atoms with E-state index in [0.29, 0.717) is 6.54 Å². The number of halogens is 2. The smallest absolute Gasteiger partial charge is 0.331 e. The fourth-order valence-electron chi connectivity index (χ4n) is 4.63. The molecule has 2 heterocycles. The number of amidine groups is 2. The Morgan fingerprint density at radius 1 is 1.14 bits per heavy atom. The first-order valence-electron chi connectivity index (χ1n) is 13.6. The van der Waals surface area contributed by atoms with Gasteiger partial charge in [0.1, 0.15) is 28.6 Å². The van der Waals surface area contributed by atoms with Gasteiger partial charge in [0.05, 0.1) is 13.2 Å². The van der Waals surface area contributed by atoms with Gasteiger partial charge in [-0.1, -0.05) is 12.1 Å². The standard InChI is InChI=1S/C30H34F2N6O5/c1-6-38(30(3,4)29(40)41-7-2)24-22(31)27(42-19-10-8-9-18(15-19)26-35-13-14-37(26)5)36-28(23(24)32)43-21-16-17(25(33)34)11-12-20(21)39/h8-12,15-16,39H,6-7,13-14H2,1-5H3,(H3,33,34). The number of aliphatic imine (C=N–C) groups is 1. The molecule has 1 aliphatic heterocycles. The number of phenolic OH excluding ortho intramolecular Hbond substituents is 1. The number of hydrogen-bond donors (Lipinski definition) is 3. The van der Waals surface area contributed by atoms with Gasteiger partial charge in [0.25, 0.3) is 11.8 Å². The number of aromatic hydroxyl groups is 1. The van der Waals surface area contributed by atoms with Crippen molar-refractivity contribution in [1.29, 1.82) is 5.41 Å². The maximum atomic E-state index is 16.3. The zero-order valence-electron chi connectivity index (χ0n) is 24.6. The number of nitrogens with one attached hydrogen (secondary N) is 1. The Bertz CT molecular complexity index is 1580. The van der Waals surface area contributed by atoms with E-state index < -0.39 is 46.3 Å². The van der Waals surface area contributed by atoms with Gasteiger partial charge in [0.15, 0.2) is 11.5 Å². The molecule has 0 aliphatic carbocycles. The molecule has 4 rings (SSSR count). The van der Waals surface area contributed by atoms with Crippen molar-refractivity contribution in [2.45, 2.75) is 33.2 Å². The summed E-state index contributed by atoms with van der Waals surface area (Å²) in [5.74, 6) is -4.67. The molecule has 0 bridgehead atoms. The van der Waals surface area contributed by atoms with Crippen LogP contribution in [0.25, 0.3) is 0 Å². The summed E-state index contributed by atoms with van der Waals surface area (Å²) in [5.41, 5.74) is 4.29. The maximum Gasteiger partial charge on any atom is 0.331 e. The van der Waals surface area contributed by atoms with Crippen LogP contribution in [0.2, 0.25) is 0 Å². The van der Waals surface area contributed by atoms with E-state index in [4.69, 9.17) is 25.4 Å². The molecule has 0 amide bonds. The number of pyridine rings is 1. The second-order valence-corrected chi connectivity index (χ2v) is 10.2. The van der Waals surface area contributed by atoms with E-state index in [1.165, 1.54) is 36.9 Å². The predicted molar refractivity (Wildman–Crippen MR) is 158 cm³/mol. The van der Waals surface area contributed by atoms with Gasteiger partial charge in [-0.2, -0.15) is 13.8 Å². The number of ether oxygens (including phenoxy) is 3. The van der Waals surface area contributed by atoms with E-state index >= 15 is 8.78 Å². The highest BCUT2D eigenvalue weighted by Crippen LogP contribution is 2.42. The van der Waals surface area contributed by atoms with Crippen molar-refractivity contribution in [3.8, 4) is 29.0 Å². The van der Waals surface area contributed by atoms with E-state index in [1.807, 2.05) is 18.0 Å². The largest absolute Gasteiger partial charge is 0.504 e. The van der Waals surface area contributed by atoms with Crippen molar-refractivity contribution >= 4 is 23.3 Å². The number of nitrogen functional groups attached to an aromatic ring is 1. The Morgan fingerprint density at radius 3 is 2.44 bits per heavy atom. The number of phenols is 1. The zero-order valence-corrected chi connectivity index (χ0v) is 24.6. The molecule has 3 aromatic rings. The third-order valence-corrected chi connectivity index (χ3v) is 6.87. The van der Waals surface area contributed by atoms with Crippen molar-refractivity contribution in [1.82, 2.24) is 9.88 Å². The van der Waals surface area contributed by atoms with Crippen LogP contribution in [0.4, 0.5) is 14.5 Å². The number of anilines is 1. The summed E-state index contributed by atoms with van der Waals surface area (Å²) >= 11 is 0. The van der Waals surface area contributed by atoms with Gasteiger partial charge in [-0.3, -0.25) is 10.4 Å². The minimum Gasteiger partial charge on any atom is -0.504 e. The molecule has 43 heavy (non-hydrogen) atoms. The number of aromatic nitrogens is 1. The van der Waals surface area contributed by atoms with Crippen LogP contribution >= 0.6 is 0 Å². The molecule has 0 saturated heterocycles. The van der Waals surface area contributed by atoms with Crippen molar-refractivity contribution < 1.29 is 32.9 Å². The van der Waals surface area contributed by atoms with Crippen LogP contribution < -0.4 is 20.1 Å². The average molecular weight is 597 g/mol. The molecule has 1 aliphatic rings. The van der Waals surface area contributed by atoms with Crippen molar-refractivity contribution in [3.63, 3.8) is 0 Å². The number of rotatable bonds is 11. The Hall–Kier alpha value is -4.94. The normalized spacial score (nSPS) is 13.0. The van der Waals surface area contributed by atoms with E-state index in [0.717, 1.165) is 17.9 Å². The molecule has 4 N–H and O–H groups in total. The monoisotopic (exact) mass is 596 g/mol. The summed E-state index contributed by atoms with van der Waals surface area (Å²) in [4.78, 5) is 24.5. The first-order chi connectivity index (χ1) is 20.4. The number of likely N-dealkylation sites (N-methyl/N-ethyl adjacent to an activating group) is 2. The van der Waals surface area contributed by atoms with Crippen molar-refractivity contribution in [2.75, 3.05) is 38.2 Å². The number of hydrogen-bond acceptors (Lipinski definition) is 10. The Balaban J connectivity index is 1.87. The summed E-state index contributed by atoms with van der Waals surface area (Å²) in [6.45, 7) is 7.61. The van der Waals surface area contributed by atoms with Crippen LogP contribution in [0.5, 0.6) is 29.0 Å². The predicted octanol–water partition coefficient (Wildman–Crippen LogP) is 4.79. The van der Waals surface area contributed by atoms with Gasteiger partial charge in [0.2, 0.25) is 11.6 Å². The summed E-state index contributed by atoms with van der Waals surface area (Å²) in [6.07, 6.45) is 0. The fourth-order valence-corrected chi connectivity index (χ4v) is 4.63. The second kappa shape index (κ2) is 12.5. The lowest BCUT2D eigenvalue weighted by Crippen LogP contribution is -2.52. The summed E-state index contributed by atoms with van der Waals surface area (Å²) in [6, 6.07) is 10.5. The quantitative estimate of drug-likeness (QED) is 0.161. The van der Waals surface area contributed by atoms with Crippen LogP contribution in [0.3, 0.4) is 0 Å². The number of esters is 1. The van der Waals surface area contributed by atoms with Gasteiger partial charge >= 0.3 is 5.97 Å². The fraction of sp³-hybridized carbons (Fsp3) is 0.333.